The molecule has 5 nitrogen and oxygen atoms in total. The third kappa shape index (κ3) is 2.16. The van der Waals surface area contributed by atoms with Gasteiger partial charge in [0, 0.05) is 18.9 Å². The first-order valence-corrected chi connectivity index (χ1v) is 5.75. The van der Waals surface area contributed by atoms with Crippen molar-refractivity contribution in [3.63, 3.8) is 0 Å². The molecule has 96 valence electrons. The van der Waals surface area contributed by atoms with Crippen molar-refractivity contribution in [3.8, 4) is 11.5 Å². The molecule has 0 aliphatic carbocycles. The first-order chi connectivity index (χ1) is 8.67. The molecule has 0 bridgehead atoms. The second-order valence-electron chi connectivity index (χ2n) is 4.01. The van der Waals surface area contributed by atoms with E-state index >= 15 is 0 Å². The molecule has 0 N–H and O–H groups in total. The number of ether oxygens (including phenoxy) is 2. The fourth-order valence-electron chi connectivity index (χ4n) is 1.99. The summed E-state index contributed by atoms with van der Waals surface area (Å²) in [5.74, 6) is 0.673. The van der Waals surface area contributed by atoms with Gasteiger partial charge in [0.1, 0.15) is 11.5 Å². The average Bonchev–Trinajstić information content (AvgIpc) is 2.38. The zero-order valence-corrected chi connectivity index (χ0v) is 10.4. The number of hydrogen-bond acceptors (Lipinski definition) is 4. The van der Waals surface area contributed by atoms with Gasteiger partial charge in [-0.15, -0.1) is 0 Å². The van der Waals surface area contributed by atoms with Crippen LogP contribution in [0.25, 0.3) is 0 Å². The van der Waals surface area contributed by atoms with E-state index in [-0.39, 0.29) is 11.8 Å². The van der Waals surface area contributed by atoms with E-state index in [9.17, 15) is 9.59 Å². The van der Waals surface area contributed by atoms with Gasteiger partial charge in [-0.2, -0.15) is 0 Å². The van der Waals surface area contributed by atoms with Gasteiger partial charge in [0.25, 0.3) is 0 Å². The first-order valence-electron chi connectivity index (χ1n) is 5.75. The molecule has 0 aromatic heterocycles. The highest BCUT2D eigenvalue weighted by atomic mass is 16.5. The molecule has 2 amide bonds. The number of amides is 2. The van der Waals surface area contributed by atoms with Crippen molar-refractivity contribution in [3.05, 3.63) is 18.2 Å². The molecule has 0 radical (unpaired) electrons. The van der Waals surface area contributed by atoms with Gasteiger partial charge >= 0.3 is 0 Å². The Morgan fingerprint density at radius 1 is 1.06 bits per heavy atom. The Morgan fingerprint density at radius 3 is 2.28 bits per heavy atom. The van der Waals surface area contributed by atoms with E-state index in [0.717, 1.165) is 0 Å². The molecular formula is C13H15NO4. The van der Waals surface area contributed by atoms with E-state index in [4.69, 9.17) is 9.47 Å². The Kier molecular flexibility index (Phi) is 3.50. The smallest absolute Gasteiger partial charge is 0.233 e. The minimum absolute atomic E-state index is 0.196. The summed E-state index contributed by atoms with van der Waals surface area (Å²) in [4.78, 5) is 24.9. The molecule has 1 aromatic carbocycles. The van der Waals surface area contributed by atoms with Crippen LogP contribution < -0.4 is 14.4 Å². The topological polar surface area (TPSA) is 55.8 Å². The first kappa shape index (κ1) is 12.4. The van der Waals surface area contributed by atoms with Gasteiger partial charge in [-0.25, -0.2) is 4.90 Å². The van der Waals surface area contributed by atoms with Crippen molar-refractivity contribution < 1.29 is 19.1 Å². The van der Waals surface area contributed by atoms with Crippen molar-refractivity contribution in [2.75, 3.05) is 19.1 Å². The quantitative estimate of drug-likeness (QED) is 0.766. The van der Waals surface area contributed by atoms with Crippen molar-refractivity contribution in [2.45, 2.75) is 19.3 Å². The fourth-order valence-corrected chi connectivity index (χ4v) is 1.99. The van der Waals surface area contributed by atoms with Crippen LogP contribution in [-0.4, -0.2) is 26.0 Å². The van der Waals surface area contributed by atoms with E-state index in [1.807, 2.05) is 0 Å². The predicted octanol–water partition coefficient (Wildman–Crippen LogP) is 1.75. The molecule has 0 unspecified atom stereocenters. The Morgan fingerprint density at radius 2 is 1.72 bits per heavy atom. The van der Waals surface area contributed by atoms with Gasteiger partial charge in [-0.1, -0.05) is 0 Å². The summed E-state index contributed by atoms with van der Waals surface area (Å²) in [6.45, 7) is 0. The highest BCUT2D eigenvalue weighted by molar-refractivity contribution is 6.17. The third-order valence-corrected chi connectivity index (χ3v) is 2.91. The van der Waals surface area contributed by atoms with Gasteiger partial charge in [0.05, 0.1) is 19.9 Å². The number of anilines is 1. The van der Waals surface area contributed by atoms with Gasteiger partial charge in [0.15, 0.2) is 0 Å². The van der Waals surface area contributed by atoms with Gasteiger partial charge < -0.3 is 9.47 Å². The molecule has 1 fully saturated rings. The Bertz CT molecular complexity index is 468. The standard InChI is InChI=1S/C13H15NO4/c1-17-9-6-7-11(18-2)10(8-9)14-12(15)4-3-5-13(14)16/h6-8H,3-5H2,1-2H3. The zero-order chi connectivity index (χ0) is 13.1. The number of piperidine rings is 1. The summed E-state index contributed by atoms with van der Waals surface area (Å²) < 4.78 is 10.3. The number of nitrogens with zero attached hydrogens (tertiary/aromatic N) is 1. The fraction of sp³-hybridized carbons (Fsp3) is 0.385. The summed E-state index contributed by atoms with van der Waals surface area (Å²) in [5, 5.41) is 0. The second kappa shape index (κ2) is 5.08. The van der Waals surface area contributed by atoms with Crippen LogP contribution in [0.5, 0.6) is 11.5 Å². The average molecular weight is 249 g/mol. The number of carbonyl (C=O) groups is 2. The predicted molar refractivity (Wildman–Crippen MR) is 65.9 cm³/mol. The number of imide groups is 1. The van der Waals surface area contributed by atoms with E-state index < -0.39 is 0 Å². The summed E-state index contributed by atoms with van der Waals surface area (Å²) >= 11 is 0. The highest BCUT2D eigenvalue weighted by Gasteiger charge is 2.29. The molecule has 18 heavy (non-hydrogen) atoms. The van der Waals surface area contributed by atoms with Crippen LogP contribution in [0.4, 0.5) is 5.69 Å². The van der Waals surface area contributed by atoms with Crippen LogP contribution in [0.2, 0.25) is 0 Å². The van der Waals surface area contributed by atoms with E-state index in [1.165, 1.54) is 19.1 Å². The van der Waals surface area contributed by atoms with Crippen molar-refractivity contribution in [1.82, 2.24) is 0 Å². The highest BCUT2D eigenvalue weighted by Crippen LogP contribution is 2.34. The number of carbonyl (C=O) groups excluding carboxylic acids is 2. The molecule has 0 atom stereocenters. The maximum Gasteiger partial charge on any atom is 0.233 e. The van der Waals surface area contributed by atoms with Crippen molar-refractivity contribution >= 4 is 17.5 Å². The summed E-state index contributed by atoms with van der Waals surface area (Å²) in [7, 11) is 3.04. The summed E-state index contributed by atoms with van der Waals surface area (Å²) in [6, 6.07) is 5.05. The van der Waals surface area contributed by atoms with Crippen LogP contribution in [0.15, 0.2) is 18.2 Å². The van der Waals surface area contributed by atoms with Crippen LogP contribution in [0.3, 0.4) is 0 Å². The van der Waals surface area contributed by atoms with Crippen molar-refractivity contribution in [2.24, 2.45) is 0 Å². The molecular weight excluding hydrogens is 234 g/mol. The van der Waals surface area contributed by atoms with E-state index in [1.54, 1.807) is 18.2 Å². The number of benzene rings is 1. The maximum atomic E-state index is 11.9. The Labute approximate surface area is 105 Å². The number of rotatable bonds is 3. The lowest BCUT2D eigenvalue weighted by atomic mass is 10.1. The summed E-state index contributed by atoms with van der Waals surface area (Å²) in [6.07, 6.45) is 1.37. The third-order valence-electron chi connectivity index (χ3n) is 2.91. The van der Waals surface area contributed by atoms with Gasteiger partial charge in [-0.05, 0) is 18.6 Å². The minimum Gasteiger partial charge on any atom is -0.497 e. The monoisotopic (exact) mass is 249 g/mol. The molecule has 1 heterocycles. The number of methoxy groups -OCH3 is 2. The Hall–Kier alpha value is -2.04. The molecule has 0 spiro atoms. The van der Waals surface area contributed by atoms with Crippen molar-refractivity contribution in [1.29, 1.82) is 0 Å². The van der Waals surface area contributed by atoms with E-state index in [0.29, 0.717) is 36.4 Å². The Balaban J connectivity index is 2.46. The molecule has 1 saturated heterocycles. The van der Waals surface area contributed by atoms with Crippen LogP contribution in [0, 0.1) is 0 Å². The van der Waals surface area contributed by atoms with Gasteiger partial charge in [0.2, 0.25) is 11.8 Å². The maximum absolute atomic E-state index is 11.9. The summed E-state index contributed by atoms with van der Waals surface area (Å²) in [5.41, 5.74) is 0.451. The number of hydrogen-bond donors (Lipinski definition) is 0. The van der Waals surface area contributed by atoms with Crippen LogP contribution in [-0.2, 0) is 9.59 Å². The lowest BCUT2D eigenvalue weighted by Crippen LogP contribution is -2.40. The van der Waals surface area contributed by atoms with E-state index in [2.05, 4.69) is 0 Å². The normalized spacial score (nSPS) is 15.8. The molecule has 2 rings (SSSR count). The van der Waals surface area contributed by atoms with Crippen LogP contribution >= 0.6 is 0 Å². The minimum atomic E-state index is -0.196. The largest absolute Gasteiger partial charge is 0.497 e. The lowest BCUT2D eigenvalue weighted by Gasteiger charge is -2.26. The molecule has 1 aliphatic heterocycles. The molecule has 1 aliphatic rings. The van der Waals surface area contributed by atoms with Gasteiger partial charge in [-0.3, -0.25) is 9.59 Å². The lowest BCUT2D eigenvalue weighted by molar-refractivity contribution is -0.129. The SMILES string of the molecule is COc1ccc(OC)c(N2C(=O)CCCC2=O)c1. The molecule has 0 saturated carbocycles. The second-order valence-corrected chi connectivity index (χ2v) is 4.01. The molecule has 5 heteroatoms. The van der Waals surface area contributed by atoms with Crippen LogP contribution in [0.1, 0.15) is 19.3 Å². The zero-order valence-electron chi connectivity index (χ0n) is 10.4. The molecule has 1 aromatic rings.